The molecule has 0 atom stereocenters. The lowest BCUT2D eigenvalue weighted by Gasteiger charge is -2.39. The van der Waals surface area contributed by atoms with E-state index in [0.717, 1.165) is 49.1 Å². The molecule has 1 amide bonds. The number of nitrogens with zero attached hydrogens (tertiary/aromatic N) is 3. The zero-order valence-electron chi connectivity index (χ0n) is 12.8. The average Bonchev–Trinajstić information content (AvgIpc) is 3.24. The first-order valence-corrected chi connectivity index (χ1v) is 8.81. The summed E-state index contributed by atoms with van der Waals surface area (Å²) < 4.78 is 2.88. The highest BCUT2D eigenvalue weighted by Crippen LogP contribution is 2.36. The Hall–Kier alpha value is -1.66. The van der Waals surface area contributed by atoms with Crippen molar-refractivity contribution in [3.05, 3.63) is 46.7 Å². The van der Waals surface area contributed by atoms with E-state index in [9.17, 15) is 4.79 Å². The summed E-state index contributed by atoms with van der Waals surface area (Å²) in [5.41, 5.74) is 1.71. The SMILES string of the molecule is O=C(N1CCc2ccc(Br)cc21)C1(n2cccn2)CCNCC1. The molecule has 2 aliphatic rings. The van der Waals surface area contributed by atoms with Gasteiger partial charge in [-0.25, -0.2) is 0 Å². The molecule has 1 aromatic heterocycles. The number of benzene rings is 1. The lowest BCUT2D eigenvalue weighted by Crippen LogP contribution is -2.55. The number of halogens is 1. The molecule has 2 aliphatic heterocycles. The molecule has 1 N–H and O–H groups in total. The summed E-state index contributed by atoms with van der Waals surface area (Å²) in [6, 6.07) is 8.10. The van der Waals surface area contributed by atoms with Gasteiger partial charge in [-0.15, -0.1) is 0 Å². The molecular formula is C17H19BrN4O. The first kappa shape index (κ1) is 14.9. The largest absolute Gasteiger partial charge is 0.317 e. The number of rotatable bonds is 2. The van der Waals surface area contributed by atoms with Crippen LogP contribution in [0.2, 0.25) is 0 Å². The topological polar surface area (TPSA) is 50.2 Å². The van der Waals surface area contributed by atoms with Crippen LogP contribution in [0.5, 0.6) is 0 Å². The van der Waals surface area contributed by atoms with Crippen molar-refractivity contribution in [2.75, 3.05) is 24.5 Å². The number of hydrogen-bond acceptors (Lipinski definition) is 3. The maximum absolute atomic E-state index is 13.5. The van der Waals surface area contributed by atoms with Gasteiger partial charge >= 0.3 is 0 Å². The molecule has 0 spiro atoms. The fraction of sp³-hybridized carbons (Fsp3) is 0.412. The van der Waals surface area contributed by atoms with E-state index in [1.54, 1.807) is 6.20 Å². The Morgan fingerprint density at radius 3 is 2.87 bits per heavy atom. The van der Waals surface area contributed by atoms with Gasteiger partial charge in [-0.1, -0.05) is 22.0 Å². The molecular weight excluding hydrogens is 356 g/mol. The van der Waals surface area contributed by atoms with Gasteiger partial charge < -0.3 is 10.2 Å². The van der Waals surface area contributed by atoms with E-state index in [-0.39, 0.29) is 5.91 Å². The predicted molar refractivity (Wildman–Crippen MR) is 92.5 cm³/mol. The molecule has 1 saturated heterocycles. The molecule has 1 fully saturated rings. The second-order valence-corrected chi connectivity index (χ2v) is 7.13. The van der Waals surface area contributed by atoms with Gasteiger partial charge in [0.1, 0.15) is 5.54 Å². The third kappa shape index (κ3) is 2.40. The van der Waals surface area contributed by atoms with Gasteiger partial charge in [0.2, 0.25) is 0 Å². The monoisotopic (exact) mass is 374 g/mol. The third-order valence-corrected chi connectivity index (χ3v) is 5.45. The van der Waals surface area contributed by atoms with Crippen molar-refractivity contribution in [1.29, 1.82) is 0 Å². The van der Waals surface area contributed by atoms with E-state index >= 15 is 0 Å². The molecule has 0 unspecified atom stereocenters. The molecule has 5 nitrogen and oxygen atoms in total. The van der Waals surface area contributed by atoms with E-state index in [1.165, 1.54) is 5.56 Å². The normalized spacial score (nSPS) is 19.6. The zero-order valence-corrected chi connectivity index (χ0v) is 14.4. The highest BCUT2D eigenvalue weighted by atomic mass is 79.9. The highest BCUT2D eigenvalue weighted by Gasteiger charge is 2.46. The fourth-order valence-electron chi connectivity index (χ4n) is 3.72. The Balaban J connectivity index is 1.74. The number of fused-ring (bicyclic) bond motifs is 1. The van der Waals surface area contributed by atoms with Crippen LogP contribution in [0.1, 0.15) is 18.4 Å². The number of nitrogens with one attached hydrogen (secondary N) is 1. The van der Waals surface area contributed by atoms with E-state index in [4.69, 9.17) is 0 Å². The average molecular weight is 375 g/mol. The smallest absolute Gasteiger partial charge is 0.255 e. The molecule has 0 radical (unpaired) electrons. The van der Waals surface area contributed by atoms with Gasteiger partial charge in [0.15, 0.2) is 0 Å². The van der Waals surface area contributed by atoms with Crippen LogP contribution in [0, 0.1) is 0 Å². The van der Waals surface area contributed by atoms with Crippen molar-refractivity contribution in [3.63, 3.8) is 0 Å². The minimum absolute atomic E-state index is 0.166. The second-order valence-electron chi connectivity index (χ2n) is 6.21. The van der Waals surface area contributed by atoms with Crippen LogP contribution in [0.25, 0.3) is 0 Å². The van der Waals surface area contributed by atoms with E-state index < -0.39 is 5.54 Å². The van der Waals surface area contributed by atoms with Crippen molar-refractivity contribution in [2.45, 2.75) is 24.8 Å². The summed E-state index contributed by atoms with van der Waals surface area (Å²) in [5.74, 6) is 0.166. The van der Waals surface area contributed by atoms with Crippen LogP contribution in [0.15, 0.2) is 41.1 Å². The summed E-state index contributed by atoms with van der Waals surface area (Å²) in [7, 11) is 0. The quantitative estimate of drug-likeness (QED) is 0.877. The number of carbonyl (C=O) groups excluding carboxylic acids is 1. The number of aromatic nitrogens is 2. The Morgan fingerprint density at radius 2 is 2.13 bits per heavy atom. The van der Waals surface area contributed by atoms with Crippen LogP contribution in [-0.2, 0) is 16.8 Å². The lowest BCUT2D eigenvalue weighted by atomic mass is 9.86. The maximum atomic E-state index is 13.5. The Labute approximate surface area is 143 Å². The maximum Gasteiger partial charge on any atom is 0.255 e. The van der Waals surface area contributed by atoms with Gasteiger partial charge in [-0.3, -0.25) is 9.48 Å². The summed E-state index contributed by atoms with van der Waals surface area (Å²) in [5, 5.41) is 7.77. The first-order valence-electron chi connectivity index (χ1n) is 8.02. The van der Waals surface area contributed by atoms with Crippen LogP contribution in [0.3, 0.4) is 0 Å². The van der Waals surface area contributed by atoms with Gasteiger partial charge in [0.05, 0.1) is 0 Å². The molecule has 1 aromatic carbocycles. The number of carbonyl (C=O) groups is 1. The van der Waals surface area contributed by atoms with Crippen molar-refractivity contribution in [3.8, 4) is 0 Å². The number of piperidine rings is 1. The summed E-state index contributed by atoms with van der Waals surface area (Å²) in [4.78, 5) is 15.5. The first-order chi connectivity index (χ1) is 11.2. The van der Waals surface area contributed by atoms with Gasteiger partial charge in [0, 0.05) is 29.1 Å². The van der Waals surface area contributed by atoms with Crippen LogP contribution < -0.4 is 10.2 Å². The minimum Gasteiger partial charge on any atom is -0.317 e. The Kier molecular flexibility index (Phi) is 3.73. The van der Waals surface area contributed by atoms with Crippen molar-refractivity contribution in [1.82, 2.24) is 15.1 Å². The summed E-state index contributed by atoms with van der Waals surface area (Å²) >= 11 is 3.52. The molecule has 0 aliphatic carbocycles. The van der Waals surface area contributed by atoms with Crippen LogP contribution in [-0.4, -0.2) is 35.3 Å². The molecule has 23 heavy (non-hydrogen) atoms. The Morgan fingerprint density at radius 1 is 1.30 bits per heavy atom. The van der Waals surface area contributed by atoms with E-state index in [2.05, 4.69) is 38.5 Å². The van der Waals surface area contributed by atoms with E-state index in [1.807, 2.05) is 27.9 Å². The third-order valence-electron chi connectivity index (χ3n) is 4.96. The molecule has 120 valence electrons. The predicted octanol–water partition coefficient (Wildman–Crippen LogP) is 2.31. The van der Waals surface area contributed by atoms with Gasteiger partial charge in [-0.2, -0.15) is 5.10 Å². The fourth-order valence-corrected chi connectivity index (χ4v) is 4.07. The standard InChI is InChI=1S/C17H19BrN4O/c18-14-3-2-13-4-11-21(15(13)12-14)16(23)17(5-8-19-9-6-17)22-10-1-7-20-22/h1-3,7,10,12,19H,4-6,8-9,11H2. The van der Waals surface area contributed by atoms with Gasteiger partial charge in [-0.05, 0) is 56.1 Å². The lowest BCUT2D eigenvalue weighted by molar-refractivity contribution is -0.129. The number of anilines is 1. The molecule has 4 rings (SSSR count). The second kappa shape index (κ2) is 5.76. The summed E-state index contributed by atoms with van der Waals surface area (Å²) in [6.45, 7) is 2.43. The zero-order chi connectivity index (χ0) is 15.9. The van der Waals surface area contributed by atoms with Crippen LogP contribution in [0.4, 0.5) is 5.69 Å². The van der Waals surface area contributed by atoms with Crippen molar-refractivity contribution in [2.24, 2.45) is 0 Å². The molecule has 0 saturated carbocycles. The molecule has 3 heterocycles. The summed E-state index contributed by atoms with van der Waals surface area (Å²) in [6.07, 6.45) is 6.13. The number of amides is 1. The molecule has 0 bridgehead atoms. The van der Waals surface area contributed by atoms with Gasteiger partial charge in [0.25, 0.3) is 5.91 Å². The minimum atomic E-state index is -0.571. The van der Waals surface area contributed by atoms with Crippen molar-refractivity contribution < 1.29 is 4.79 Å². The Bertz CT molecular complexity index is 722. The number of hydrogen-bond donors (Lipinski definition) is 1. The molecule has 6 heteroatoms. The van der Waals surface area contributed by atoms with Crippen LogP contribution >= 0.6 is 15.9 Å². The van der Waals surface area contributed by atoms with Crippen molar-refractivity contribution >= 4 is 27.5 Å². The molecule has 2 aromatic rings. The van der Waals surface area contributed by atoms with E-state index in [0.29, 0.717) is 0 Å². The highest BCUT2D eigenvalue weighted by molar-refractivity contribution is 9.10.